The third kappa shape index (κ3) is 4.10. The predicted molar refractivity (Wildman–Crippen MR) is 87.9 cm³/mol. The second-order valence-electron chi connectivity index (χ2n) is 5.19. The molecule has 0 heterocycles. The third-order valence-electron chi connectivity index (χ3n) is 3.36. The fourth-order valence-corrected chi connectivity index (χ4v) is 2.75. The predicted octanol–water partition coefficient (Wildman–Crippen LogP) is 4.38. The minimum Gasteiger partial charge on any atom is -0.303 e. The van der Waals surface area contributed by atoms with Crippen LogP contribution in [-0.4, -0.2) is 5.17 Å². The van der Waals surface area contributed by atoms with E-state index >= 15 is 0 Å². The number of halogens is 5. The monoisotopic (exact) mass is 375 g/mol. The molecule has 2 aromatic carbocycles. The van der Waals surface area contributed by atoms with Crippen LogP contribution >= 0.6 is 11.8 Å². The van der Waals surface area contributed by atoms with E-state index in [4.69, 9.17) is 5.84 Å². The van der Waals surface area contributed by atoms with Gasteiger partial charge in [0.2, 0.25) is 5.82 Å². The highest BCUT2D eigenvalue weighted by molar-refractivity contribution is 8.13. The van der Waals surface area contributed by atoms with Crippen molar-refractivity contribution in [3.8, 4) is 0 Å². The average molecular weight is 375 g/mol. The molecule has 0 bridgehead atoms. The Balaban J connectivity index is 2.30. The van der Waals surface area contributed by atoms with Crippen LogP contribution in [0.4, 0.5) is 27.6 Å². The maximum Gasteiger partial charge on any atom is 0.200 e. The van der Waals surface area contributed by atoms with Crippen molar-refractivity contribution in [1.29, 1.82) is 0 Å². The Morgan fingerprint density at radius 1 is 1.00 bits per heavy atom. The number of hydrogen-bond acceptors (Lipinski definition) is 3. The molecule has 3 N–H and O–H groups in total. The van der Waals surface area contributed by atoms with Crippen molar-refractivity contribution in [2.75, 3.05) is 0 Å². The number of thioether (sulfide) groups is 1. The molecule has 0 spiro atoms. The highest BCUT2D eigenvalue weighted by atomic mass is 32.2. The maximum atomic E-state index is 13.7. The molecule has 0 aromatic heterocycles. The lowest BCUT2D eigenvalue weighted by Gasteiger charge is -2.10. The van der Waals surface area contributed by atoms with Crippen LogP contribution in [0.2, 0.25) is 0 Å². The van der Waals surface area contributed by atoms with Crippen LogP contribution in [0.15, 0.2) is 23.2 Å². The maximum absolute atomic E-state index is 13.7. The van der Waals surface area contributed by atoms with E-state index in [1.165, 1.54) is 0 Å². The molecule has 0 saturated heterocycles. The number of nitrogens with two attached hydrogens (primary N) is 1. The molecule has 9 heteroatoms. The van der Waals surface area contributed by atoms with E-state index in [1.807, 2.05) is 19.1 Å². The van der Waals surface area contributed by atoms with Crippen LogP contribution in [0, 0.1) is 42.9 Å². The van der Waals surface area contributed by atoms with Gasteiger partial charge in [0.15, 0.2) is 28.4 Å². The summed E-state index contributed by atoms with van der Waals surface area (Å²) in [6.07, 6.45) is 0. The van der Waals surface area contributed by atoms with E-state index in [9.17, 15) is 22.0 Å². The zero-order chi connectivity index (χ0) is 18.7. The lowest BCUT2D eigenvalue weighted by Crippen LogP contribution is -2.27. The standard InChI is InChI=1S/C16H14F5N3S/c1-7-3-4-8(2)10(5-7)23-16(24-22)25-6-9-11(17)13(19)15(21)14(20)12(9)18/h3-5H,6,22H2,1-2H3,(H,23,24). The van der Waals surface area contributed by atoms with Crippen molar-refractivity contribution in [2.45, 2.75) is 19.6 Å². The molecule has 134 valence electrons. The molecular weight excluding hydrogens is 361 g/mol. The Morgan fingerprint density at radius 3 is 2.12 bits per heavy atom. The zero-order valence-corrected chi connectivity index (χ0v) is 14.1. The number of benzene rings is 2. The SMILES string of the molecule is Cc1ccc(C)c(N=C(NN)SCc2c(F)c(F)c(F)c(F)c2F)c1. The van der Waals surface area contributed by atoms with Gasteiger partial charge >= 0.3 is 0 Å². The number of hydrogen-bond donors (Lipinski definition) is 2. The van der Waals surface area contributed by atoms with E-state index in [2.05, 4.69) is 10.4 Å². The van der Waals surface area contributed by atoms with Crippen molar-refractivity contribution >= 4 is 22.6 Å². The zero-order valence-electron chi connectivity index (χ0n) is 13.3. The van der Waals surface area contributed by atoms with Gasteiger partial charge in [0.25, 0.3) is 0 Å². The van der Waals surface area contributed by atoms with Gasteiger partial charge in [-0.15, -0.1) is 0 Å². The summed E-state index contributed by atoms with van der Waals surface area (Å²) in [6.45, 7) is 3.66. The van der Waals surface area contributed by atoms with Crippen LogP contribution in [0.25, 0.3) is 0 Å². The van der Waals surface area contributed by atoms with Crippen molar-refractivity contribution in [3.63, 3.8) is 0 Å². The first kappa shape index (κ1) is 19.2. The summed E-state index contributed by atoms with van der Waals surface area (Å²) < 4.78 is 66.8. The van der Waals surface area contributed by atoms with E-state index in [1.54, 1.807) is 13.0 Å². The second kappa shape index (κ2) is 7.83. The van der Waals surface area contributed by atoms with Gasteiger partial charge in [-0.1, -0.05) is 23.9 Å². The van der Waals surface area contributed by atoms with Gasteiger partial charge in [-0.3, -0.25) is 0 Å². The first-order valence-electron chi connectivity index (χ1n) is 7.02. The molecule has 25 heavy (non-hydrogen) atoms. The number of aliphatic imine (C=N–C) groups is 1. The summed E-state index contributed by atoms with van der Waals surface area (Å²) in [7, 11) is 0. The molecule has 0 aliphatic carbocycles. The summed E-state index contributed by atoms with van der Waals surface area (Å²) in [6, 6.07) is 5.48. The van der Waals surface area contributed by atoms with E-state index in [0.717, 1.165) is 11.1 Å². The highest BCUT2D eigenvalue weighted by Gasteiger charge is 2.25. The lowest BCUT2D eigenvalue weighted by atomic mass is 10.1. The number of nitrogens with zero attached hydrogens (tertiary/aromatic N) is 1. The van der Waals surface area contributed by atoms with Crippen molar-refractivity contribution in [3.05, 3.63) is 64.0 Å². The summed E-state index contributed by atoms with van der Waals surface area (Å²) >= 11 is 0.714. The second-order valence-corrected chi connectivity index (χ2v) is 6.15. The van der Waals surface area contributed by atoms with Crippen molar-refractivity contribution < 1.29 is 22.0 Å². The van der Waals surface area contributed by atoms with Crippen molar-refractivity contribution in [2.24, 2.45) is 10.8 Å². The van der Waals surface area contributed by atoms with Crippen LogP contribution in [0.3, 0.4) is 0 Å². The first-order chi connectivity index (χ1) is 11.8. The molecule has 3 nitrogen and oxygen atoms in total. The molecular formula is C16H14F5N3S. The van der Waals surface area contributed by atoms with Crippen molar-refractivity contribution in [1.82, 2.24) is 5.43 Å². The number of rotatable bonds is 3. The molecule has 0 fully saturated rings. The highest BCUT2D eigenvalue weighted by Crippen LogP contribution is 2.27. The number of amidine groups is 1. The van der Waals surface area contributed by atoms with Gasteiger partial charge in [0.1, 0.15) is 0 Å². The fraction of sp³-hybridized carbons (Fsp3) is 0.188. The molecule has 0 atom stereocenters. The Kier molecular flexibility index (Phi) is 6.02. The van der Waals surface area contributed by atoms with Crippen LogP contribution in [0.5, 0.6) is 0 Å². The Labute approximate surface area is 145 Å². The van der Waals surface area contributed by atoms with Crippen LogP contribution < -0.4 is 11.3 Å². The topological polar surface area (TPSA) is 50.4 Å². The molecule has 0 aliphatic heterocycles. The Bertz CT molecular complexity index is 810. The third-order valence-corrected chi connectivity index (χ3v) is 4.28. The molecule has 0 saturated carbocycles. The molecule has 0 radical (unpaired) electrons. The van der Waals surface area contributed by atoms with Gasteiger partial charge in [0, 0.05) is 11.3 Å². The van der Waals surface area contributed by atoms with Gasteiger partial charge < -0.3 is 5.43 Å². The molecule has 0 amide bonds. The molecule has 0 aliphatic rings. The summed E-state index contributed by atoms with van der Waals surface area (Å²) in [4.78, 5) is 4.21. The Hall–Kier alpha value is -2.13. The molecule has 2 rings (SSSR count). The Morgan fingerprint density at radius 2 is 1.56 bits per heavy atom. The van der Waals surface area contributed by atoms with E-state index < -0.39 is 40.4 Å². The number of hydrazine groups is 1. The first-order valence-corrected chi connectivity index (χ1v) is 8.00. The van der Waals surface area contributed by atoms with Gasteiger partial charge in [-0.2, -0.15) is 0 Å². The smallest absolute Gasteiger partial charge is 0.200 e. The molecule has 0 unspecified atom stereocenters. The van der Waals surface area contributed by atoms with E-state index in [-0.39, 0.29) is 5.17 Å². The summed E-state index contributed by atoms with van der Waals surface area (Å²) in [5, 5.41) is 0.0673. The average Bonchev–Trinajstić information content (AvgIpc) is 2.60. The van der Waals surface area contributed by atoms with E-state index in [0.29, 0.717) is 17.4 Å². The number of nitrogens with one attached hydrogen (secondary N) is 1. The largest absolute Gasteiger partial charge is 0.303 e. The van der Waals surface area contributed by atoms with Gasteiger partial charge in [-0.25, -0.2) is 32.8 Å². The minimum atomic E-state index is -2.19. The normalized spacial score (nSPS) is 11.8. The summed E-state index contributed by atoms with van der Waals surface area (Å²) in [5.74, 6) is -5.10. The number of aryl methyl sites for hydroxylation is 2. The van der Waals surface area contributed by atoms with Crippen LogP contribution in [0.1, 0.15) is 16.7 Å². The minimum absolute atomic E-state index is 0.0673. The van der Waals surface area contributed by atoms with Crippen LogP contribution in [-0.2, 0) is 5.75 Å². The van der Waals surface area contributed by atoms with Gasteiger partial charge in [-0.05, 0) is 31.0 Å². The quantitative estimate of drug-likeness (QED) is 0.159. The molecule has 2 aromatic rings. The fourth-order valence-electron chi connectivity index (χ4n) is 1.97. The lowest BCUT2D eigenvalue weighted by molar-refractivity contribution is 0.372. The van der Waals surface area contributed by atoms with Gasteiger partial charge in [0.05, 0.1) is 5.69 Å². The summed E-state index contributed by atoms with van der Waals surface area (Å²) in [5.41, 5.74) is 3.65.